The Hall–Kier alpha value is -3.20. The molecule has 3 aromatic heterocycles. The van der Waals surface area contributed by atoms with Crippen LogP contribution < -0.4 is 20.3 Å². The van der Waals surface area contributed by atoms with E-state index in [1.807, 2.05) is 36.6 Å². The molecule has 9 heteroatoms. The summed E-state index contributed by atoms with van der Waals surface area (Å²) in [5.74, 6) is 1.49. The summed E-state index contributed by atoms with van der Waals surface area (Å²) in [6.45, 7) is 6.14. The van der Waals surface area contributed by atoms with E-state index in [-0.39, 0.29) is 5.91 Å². The molecule has 0 radical (unpaired) electrons. The van der Waals surface area contributed by atoms with Crippen molar-refractivity contribution < 1.29 is 9.53 Å². The van der Waals surface area contributed by atoms with Crippen LogP contribution in [0.3, 0.4) is 0 Å². The third-order valence-electron chi connectivity index (χ3n) is 6.30. The van der Waals surface area contributed by atoms with Crippen LogP contribution in [0.1, 0.15) is 48.7 Å². The zero-order valence-corrected chi connectivity index (χ0v) is 18.5. The van der Waals surface area contributed by atoms with E-state index in [0.29, 0.717) is 35.8 Å². The predicted octanol–water partition coefficient (Wildman–Crippen LogP) is 2.80. The molecule has 0 bridgehead atoms. The van der Waals surface area contributed by atoms with Gasteiger partial charge < -0.3 is 24.7 Å². The average Bonchev–Trinajstić information content (AvgIpc) is 3.18. The monoisotopic (exact) mass is 435 g/mol. The molecule has 2 N–H and O–H groups in total. The third-order valence-corrected chi connectivity index (χ3v) is 6.30. The van der Waals surface area contributed by atoms with Crippen molar-refractivity contribution in [2.24, 2.45) is 0 Å². The number of carbonyl (C=O) groups is 1. The highest BCUT2D eigenvalue weighted by molar-refractivity contribution is 6.05. The molecule has 168 valence electrons. The minimum atomic E-state index is -0.293. The Bertz CT molecular complexity index is 1110. The van der Waals surface area contributed by atoms with Gasteiger partial charge >= 0.3 is 0 Å². The Morgan fingerprint density at radius 1 is 1.25 bits per heavy atom. The summed E-state index contributed by atoms with van der Waals surface area (Å²) < 4.78 is 7.53. The van der Waals surface area contributed by atoms with Gasteiger partial charge in [-0.2, -0.15) is 0 Å². The normalized spacial score (nSPS) is 20.8. The quantitative estimate of drug-likeness (QED) is 0.636. The number of pyridine rings is 1. The molecule has 1 aliphatic heterocycles. The fraction of sp³-hybridized carbons (Fsp3) is 0.478. The number of amides is 1. The lowest BCUT2D eigenvalue weighted by molar-refractivity contribution is 0.102. The van der Waals surface area contributed by atoms with Crippen LogP contribution in [-0.2, 0) is 0 Å². The summed E-state index contributed by atoms with van der Waals surface area (Å²) in [6, 6.07) is 6.54. The van der Waals surface area contributed by atoms with E-state index in [1.165, 1.54) is 25.7 Å². The van der Waals surface area contributed by atoms with Crippen LogP contribution in [0.5, 0.6) is 5.75 Å². The predicted molar refractivity (Wildman–Crippen MR) is 122 cm³/mol. The van der Waals surface area contributed by atoms with Crippen LogP contribution in [0.4, 0.5) is 11.6 Å². The molecule has 9 nitrogen and oxygen atoms in total. The molecule has 1 saturated heterocycles. The lowest BCUT2D eigenvalue weighted by atomic mass is 9.87. The zero-order chi connectivity index (χ0) is 22.1. The van der Waals surface area contributed by atoms with Gasteiger partial charge in [-0.25, -0.2) is 4.98 Å². The van der Waals surface area contributed by atoms with Gasteiger partial charge in [0.15, 0.2) is 11.6 Å². The number of carbonyl (C=O) groups excluding carboxylic acids is 1. The van der Waals surface area contributed by atoms with Crippen LogP contribution in [0.15, 0.2) is 30.6 Å². The summed E-state index contributed by atoms with van der Waals surface area (Å²) in [5.41, 5.74) is 2.04. The fourth-order valence-corrected chi connectivity index (χ4v) is 4.86. The molecular formula is C23H29N7O2. The number of piperazine rings is 1. The van der Waals surface area contributed by atoms with Gasteiger partial charge in [-0.3, -0.25) is 4.79 Å². The number of hydrogen-bond donors (Lipinski definition) is 2. The van der Waals surface area contributed by atoms with Gasteiger partial charge in [0.05, 0.1) is 17.9 Å². The van der Waals surface area contributed by atoms with Crippen molar-refractivity contribution in [3.8, 4) is 5.75 Å². The van der Waals surface area contributed by atoms with Crippen molar-refractivity contribution >= 4 is 23.2 Å². The largest absolute Gasteiger partial charge is 0.493 e. The molecule has 2 atom stereocenters. The lowest BCUT2D eigenvalue weighted by Crippen LogP contribution is -2.59. The van der Waals surface area contributed by atoms with Crippen molar-refractivity contribution in [2.45, 2.75) is 51.6 Å². The zero-order valence-electron chi connectivity index (χ0n) is 18.5. The molecular weight excluding hydrogens is 406 g/mol. The van der Waals surface area contributed by atoms with E-state index in [1.54, 1.807) is 12.3 Å². The van der Waals surface area contributed by atoms with Gasteiger partial charge in [0.1, 0.15) is 11.4 Å². The highest BCUT2D eigenvalue weighted by Crippen LogP contribution is 2.29. The second-order valence-electron chi connectivity index (χ2n) is 8.47. The van der Waals surface area contributed by atoms with Gasteiger partial charge in [0.2, 0.25) is 0 Å². The van der Waals surface area contributed by atoms with E-state index in [0.717, 1.165) is 30.2 Å². The molecule has 3 aromatic rings. The molecule has 2 unspecified atom stereocenters. The molecule has 2 aliphatic rings. The second kappa shape index (κ2) is 8.74. The van der Waals surface area contributed by atoms with Crippen molar-refractivity contribution in [1.82, 2.24) is 24.9 Å². The second-order valence-corrected chi connectivity index (χ2v) is 8.47. The minimum Gasteiger partial charge on any atom is -0.493 e. The molecule has 4 heterocycles. The molecule has 1 amide bonds. The molecule has 0 spiro atoms. The summed E-state index contributed by atoms with van der Waals surface area (Å²) in [6.07, 6.45) is 8.54. The van der Waals surface area contributed by atoms with Crippen LogP contribution in [0.2, 0.25) is 0 Å². The van der Waals surface area contributed by atoms with Crippen LogP contribution >= 0.6 is 0 Å². The SMILES string of the molecule is CCOc1cc2nc(C)cn2cc1C(=O)Nc1ccc(N2CCNC3CCCCC32)nn1. The first kappa shape index (κ1) is 20.7. The number of nitrogens with zero attached hydrogens (tertiary/aromatic N) is 5. The molecule has 2 fully saturated rings. The van der Waals surface area contributed by atoms with Crippen molar-refractivity contribution in [3.05, 3.63) is 41.9 Å². The van der Waals surface area contributed by atoms with E-state index in [9.17, 15) is 4.79 Å². The van der Waals surface area contributed by atoms with Crippen molar-refractivity contribution in [2.75, 3.05) is 29.9 Å². The number of aromatic nitrogens is 4. The maximum Gasteiger partial charge on any atom is 0.262 e. The smallest absolute Gasteiger partial charge is 0.262 e. The number of nitrogens with one attached hydrogen (secondary N) is 2. The number of hydrogen-bond acceptors (Lipinski definition) is 7. The summed E-state index contributed by atoms with van der Waals surface area (Å²) in [7, 11) is 0. The number of anilines is 2. The first-order valence-corrected chi connectivity index (χ1v) is 11.4. The first-order valence-electron chi connectivity index (χ1n) is 11.4. The Balaban J connectivity index is 1.34. The lowest BCUT2D eigenvalue weighted by Gasteiger charge is -2.45. The standard InChI is InChI=1S/C23H29N7O2/c1-3-32-19-12-22-25-15(2)13-29(22)14-16(19)23(31)26-20-8-9-21(28-27-20)30-11-10-24-17-6-4-5-7-18(17)30/h8-9,12-14,17-18,24H,3-7,10-11H2,1-2H3,(H,26,27,31). The van der Waals surface area contributed by atoms with Crippen molar-refractivity contribution in [3.63, 3.8) is 0 Å². The maximum absolute atomic E-state index is 13.0. The minimum absolute atomic E-state index is 0.293. The summed E-state index contributed by atoms with van der Waals surface area (Å²) in [5, 5.41) is 15.2. The molecule has 1 saturated carbocycles. The fourth-order valence-electron chi connectivity index (χ4n) is 4.86. The number of imidazole rings is 1. The van der Waals surface area contributed by atoms with Gasteiger partial charge in [-0.1, -0.05) is 12.8 Å². The van der Waals surface area contributed by atoms with Crippen LogP contribution in [0, 0.1) is 6.92 Å². The average molecular weight is 436 g/mol. The summed E-state index contributed by atoms with van der Waals surface area (Å²) >= 11 is 0. The summed E-state index contributed by atoms with van der Waals surface area (Å²) in [4.78, 5) is 19.8. The number of fused-ring (bicyclic) bond motifs is 2. The third kappa shape index (κ3) is 4.00. The van der Waals surface area contributed by atoms with Gasteiger partial charge in [-0.05, 0) is 38.8 Å². The van der Waals surface area contributed by atoms with E-state index in [2.05, 4.69) is 30.7 Å². The number of aryl methyl sites for hydroxylation is 1. The molecule has 5 rings (SSSR count). The topological polar surface area (TPSA) is 96.7 Å². The molecule has 32 heavy (non-hydrogen) atoms. The van der Waals surface area contributed by atoms with E-state index < -0.39 is 0 Å². The van der Waals surface area contributed by atoms with Gasteiger partial charge in [-0.15, -0.1) is 10.2 Å². The van der Waals surface area contributed by atoms with Crippen LogP contribution in [0.25, 0.3) is 5.65 Å². The number of rotatable bonds is 5. The molecule has 0 aromatic carbocycles. The highest BCUT2D eigenvalue weighted by Gasteiger charge is 2.33. The Kier molecular flexibility index (Phi) is 5.65. The Morgan fingerprint density at radius 2 is 2.12 bits per heavy atom. The van der Waals surface area contributed by atoms with Crippen molar-refractivity contribution in [1.29, 1.82) is 0 Å². The highest BCUT2D eigenvalue weighted by atomic mass is 16.5. The van der Waals surface area contributed by atoms with Crippen LogP contribution in [-0.4, -0.2) is 57.3 Å². The number of ether oxygens (including phenoxy) is 1. The first-order chi connectivity index (χ1) is 15.6. The van der Waals surface area contributed by atoms with E-state index in [4.69, 9.17) is 4.74 Å². The van der Waals surface area contributed by atoms with Gasteiger partial charge in [0, 0.05) is 43.6 Å². The Morgan fingerprint density at radius 3 is 2.94 bits per heavy atom. The maximum atomic E-state index is 13.0. The van der Waals surface area contributed by atoms with Gasteiger partial charge in [0.25, 0.3) is 5.91 Å². The van der Waals surface area contributed by atoms with E-state index >= 15 is 0 Å². The molecule has 1 aliphatic carbocycles. The Labute approximate surface area is 187 Å².